The monoisotopic (exact) mass is 244 g/mol. The van der Waals surface area contributed by atoms with Crippen LogP contribution in [0, 0.1) is 5.92 Å². The molecule has 0 fully saturated rings. The molecular formula is C14H28O3. The van der Waals surface area contributed by atoms with Gasteiger partial charge in [0.25, 0.3) is 0 Å². The van der Waals surface area contributed by atoms with Gasteiger partial charge in [-0.1, -0.05) is 52.9 Å². The van der Waals surface area contributed by atoms with Crippen molar-refractivity contribution in [1.29, 1.82) is 0 Å². The Morgan fingerprint density at radius 1 is 1.12 bits per heavy atom. The number of hydrogen-bond donors (Lipinski definition) is 1. The van der Waals surface area contributed by atoms with Gasteiger partial charge in [0.2, 0.25) is 0 Å². The lowest BCUT2D eigenvalue weighted by Gasteiger charge is -2.03. The summed E-state index contributed by atoms with van der Waals surface area (Å²) in [6, 6.07) is 0. The maximum Gasteiger partial charge on any atom is 0.306 e. The quantitative estimate of drug-likeness (QED) is 0.491. The molecule has 1 N–H and O–H groups in total. The second-order valence-corrected chi connectivity index (χ2v) is 4.40. The third kappa shape index (κ3) is 17.7. The van der Waals surface area contributed by atoms with E-state index in [0.29, 0.717) is 0 Å². The zero-order valence-electron chi connectivity index (χ0n) is 11.6. The van der Waals surface area contributed by atoms with E-state index in [4.69, 9.17) is 5.11 Å². The van der Waals surface area contributed by atoms with Crippen LogP contribution in [-0.2, 0) is 9.59 Å². The second-order valence-electron chi connectivity index (χ2n) is 4.40. The highest BCUT2D eigenvalue weighted by Crippen LogP contribution is 2.08. The first-order chi connectivity index (χ1) is 8.09. The number of unbranched alkanes of at least 4 members (excludes halogenated alkanes) is 5. The normalized spacial score (nSPS) is 11.2. The molecule has 0 heterocycles. The van der Waals surface area contributed by atoms with Crippen molar-refractivity contribution in [1.82, 2.24) is 0 Å². The van der Waals surface area contributed by atoms with Gasteiger partial charge >= 0.3 is 5.97 Å². The number of aliphatic carboxylic acids is 1. The fraction of sp³-hybridized carbons (Fsp3) is 0.857. The minimum absolute atomic E-state index is 0.161. The Morgan fingerprint density at radius 3 is 2.06 bits per heavy atom. The molecule has 3 nitrogen and oxygen atoms in total. The largest absolute Gasteiger partial charge is 0.481 e. The van der Waals surface area contributed by atoms with Gasteiger partial charge in [0, 0.05) is 6.42 Å². The lowest BCUT2D eigenvalue weighted by molar-refractivity contribution is -0.141. The highest BCUT2D eigenvalue weighted by atomic mass is 16.4. The van der Waals surface area contributed by atoms with Crippen molar-refractivity contribution in [3.8, 4) is 0 Å². The van der Waals surface area contributed by atoms with Gasteiger partial charge in [-0.25, -0.2) is 0 Å². The fourth-order valence-electron chi connectivity index (χ4n) is 1.30. The van der Waals surface area contributed by atoms with Crippen LogP contribution in [0.3, 0.4) is 0 Å². The van der Waals surface area contributed by atoms with Crippen LogP contribution in [0.5, 0.6) is 0 Å². The van der Waals surface area contributed by atoms with Crippen LogP contribution >= 0.6 is 0 Å². The Balaban J connectivity index is 0. The number of carboxylic acids is 1. The van der Waals surface area contributed by atoms with E-state index in [2.05, 4.69) is 13.8 Å². The van der Waals surface area contributed by atoms with Gasteiger partial charge in [-0.2, -0.15) is 0 Å². The molecule has 102 valence electrons. The van der Waals surface area contributed by atoms with Crippen LogP contribution in [0.2, 0.25) is 0 Å². The molecular weight excluding hydrogens is 216 g/mol. The summed E-state index contributed by atoms with van der Waals surface area (Å²) in [4.78, 5) is 20.0. The molecule has 0 aliphatic carbocycles. The van der Waals surface area contributed by atoms with Crippen LogP contribution < -0.4 is 0 Å². The summed E-state index contributed by atoms with van der Waals surface area (Å²) in [6.07, 6.45) is 9.37. The topological polar surface area (TPSA) is 54.4 Å². The van der Waals surface area contributed by atoms with Crippen molar-refractivity contribution in [2.24, 2.45) is 5.92 Å². The number of carbonyl (C=O) groups excluding carboxylic acids is 1. The van der Waals surface area contributed by atoms with Gasteiger partial charge < -0.3 is 9.90 Å². The highest BCUT2D eigenvalue weighted by Gasteiger charge is 2.08. The first-order valence-corrected chi connectivity index (χ1v) is 6.76. The Morgan fingerprint density at radius 2 is 1.65 bits per heavy atom. The molecule has 1 unspecified atom stereocenters. The molecule has 0 aliphatic heterocycles. The molecule has 0 aromatic carbocycles. The number of carboxylic acid groups (broad SMARTS) is 1. The summed E-state index contributed by atoms with van der Waals surface area (Å²) in [6.45, 7) is 6.01. The van der Waals surface area contributed by atoms with E-state index < -0.39 is 5.97 Å². The molecule has 1 atom stereocenters. The Hall–Kier alpha value is -0.860. The van der Waals surface area contributed by atoms with Crippen molar-refractivity contribution in [3.05, 3.63) is 0 Å². The molecule has 0 amide bonds. The van der Waals surface area contributed by atoms with Crippen LogP contribution in [0.15, 0.2) is 0 Å². The first kappa shape index (κ1) is 18.5. The van der Waals surface area contributed by atoms with Crippen LogP contribution in [0.4, 0.5) is 0 Å². The molecule has 0 aromatic rings. The summed E-state index contributed by atoms with van der Waals surface area (Å²) in [7, 11) is 0. The molecule has 0 aliphatic rings. The Kier molecular flexibility index (Phi) is 16.5. The lowest BCUT2D eigenvalue weighted by atomic mass is 10.0. The molecule has 17 heavy (non-hydrogen) atoms. The van der Waals surface area contributed by atoms with Crippen molar-refractivity contribution in [2.75, 3.05) is 0 Å². The van der Waals surface area contributed by atoms with E-state index in [0.717, 1.165) is 44.8 Å². The summed E-state index contributed by atoms with van der Waals surface area (Å²) < 4.78 is 0. The minimum atomic E-state index is -0.670. The summed E-state index contributed by atoms with van der Waals surface area (Å²) in [5, 5.41) is 8.48. The van der Waals surface area contributed by atoms with Crippen molar-refractivity contribution in [3.63, 3.8) is 0 Å². The zero-order chi connectivity index (χ0) is 13.5. The molecule has 0 aromatic heterocycles. The van der Waals surface area contributed by atoms with Crippen LogP contribution in [0.1, 0.15) is 72.1 Å². The van der Waals surface area contributed by atoms with Gasteiger partial charge in [0.15, 0.2) is 0 Å². The molecule has 0 saturated heterocycles. The third-order valence-corrected chi connectivity index (χ3v) is 2.59. The average molecular weight is 244 g/mol. The van der Waals surface area contributed by atoms with Crippen molar-refractivity contribution in [2.45, 2.75) is 72.1 Å². The maximum atomic E-state index is 10.3. The smallest absolute Gasteiger partial charge is 0.306 e. The van der Waals surface area contributed by atoms with Crippen molar-refractivity contribution >= 4 is 12.3 Å². The number of carbonyl (C=O) groups is 2. The van der Waals surface area contributed by atoms with E-state index in [1.165, 1.54) is 12.8 Å². The van der Waals surface area contributed by atoms with Gasteiger partial charge in [-0.3, -0.25) is 4.79 Å². The summed E-state index contributed by atoms with van der Waals surface area (Å²) in [5.74, 6) is -0.831. The number of aldehydes is 1. The molecule has 0 rings (SSSR count). The van der Waals surface area contributed by atoms with Crippen LogP contribution in [-0.4, -0.2) is 17.4 Å². The first-order valence-electron chi connectivity index (χ1n) is 6.76. The minimum Gasteiger partial charge on any atom is -0.481 e. The van der Waals surface area contributed by atoms with E-state index in [1.807, 2.05) is 0 Å². The standard InChI is InChI=1S/C8H16O2.C6H12O/c1-3-4-5-6-7(2)8(9)10;1-2-3-4-5-6-7/h7H,3-6H2,1-2H3,(H,9,10);6H,2-5H2,1H3. The number of hydrogen-bond acceptors (Lipinski definition) is 2. The predicted molar refractivity (Wildman–Crippen MR) is 71.1 cm³/mol. The highest BCUT2D eigenvalue weighted by molar-refractivity contribution is 5.69. The average Bonchev–Trinajstić information content (AvgIpc) is 2.30. The van der Waals surface area contributed by atoms with E-state index in [1.54, 1.807) is 6.92 Å². The molecule has 0 spiro atoms. The number of rotatable bonds is 9. The van der Waals surface area contributed by atoms with E-state index in [9.17, 15) is 9.59 Å². The second kappa shape index (κ2) is 15.1. The SMILES string of the molecule is CCCCCC(C)C(=O)O.CCCCCC=O. The van der Waals surface area contributed by atoms with Crippen LogP contribution in [0.25, 0.3) is 0 Å². The molecule has 0 bridgehead atoms. The van der Waals surface area contributed by atoms with E-state index >= 15 is 0 Å². The third-order valence-electron chi connectivity index (χ3n) is 2.59. The molecule has 0 saturated carbocycles. The summed E-state index contributed by atoms with van der Waals surface area (Å²) >= 11 is 0. The molecule has 0 radical (unpaired) electrons. The van der Waals surface area contributed by atoms with E-state index in [-0.39, 0.29) is 5.92 Å². The van der Waals surface area contributed by atoms with Gasteiger partial charge in [-0.05, 0) is 12.8 Å². The lowest BCUT2D eigenvalue weighted by Crippen LogP contribution is -2.08. The van der Waals surface area contributed by atoms with Gasteiger partial charge in [-0.15, -0.1) is 0 Å². The summed E-state index contributed by atoms with van der Waals surface area (Å²) in [5.41, 5.74) is 0. The maximum absolute atomic E-state index is 10.3. The Labute approximate surface area is 106 Å². The molecule has 3 heteroatoms. The van der Waals surface area contributed by atoms with Gasteiger partial charge in [0.05, 0.1) is 5.92 Å². The zero-order valence-corrected chi connectivity index (χ0v) is 11.6. The Bertz CT molecular complexity index is 178. The van der Waals surface area contributed by atoms with Crippen molar-refractivity contribution < 1.29 is 14.7 Å². The van der Waals surface area contributed by atoms with Gasteiger partial charge in [0.1, 0.15) is 6.29 Å². The fourth-order valence-corrected chi connectivity index (χ4v) is 1.30. The predicted octanol–water partition coefficient (Wildman–Crippen LogP) is 4.05.